The summed E-state index contributed by atoms with van der Waals surface area (Å²) < 4.78 is 27.1. The zero-order valence-electron chi connectivity index (χ0n) is 14.6. The molecule has 0 bridgehead atoms. The molecule has 6 nitrogen and oxygen atoms in total. The Bertz CT molecular complexity index is 714. The van der Waals surface area contributed by atoms with E-state index in [2.05, 4.69) is 30.4 Å². The van der Waals surface area contributed by atoms with Crippen LogP contribution in [0.1, 0.15) is 37.1 Å². The van der Waals surface area contributed by atoms with E-state index in [4.69, 9.17) is 0 Å². The number of hydrogen-bond acceptors (Lipinski definition) is 3. The third-order valence-corrected chi connectivity index (χ3v) is 4.36. The van der Waals surface area contributed by atoms with Crippen LogP contribution in [0.4, 0.5) is 8.78 Å². The normalized spacial score (nSPS) is 15.7. The Morgan fingerprint density at radius 2 is 2.12 bits per heavy atom. The van der Waals surface area contributed by atoms with Gasteiger partial charge in [0.05, 0.1) is 6.54 Å². The maximum absolute atomic E-state index is 13.8. The number of H-pyrrole nitrogens is 1. The summed E-state index contributed by atoms with van der Waals surface area (Å²) in [5, 5.41) is 10.1. The summed E-state index contributed by atoms with van der Waals surface area (Å²) in [6, 6.07) is 3.44. The van der Waals surface area contributed by atoms with Crippen LogP contribution in [-0.2, 0) is 6.54 Å². The van der Waals surface area contributed by atoms with Crippen molar-refractivity contribution < 1.29 is 8.78 Å². The van der Waals surface area contributed by atoms with Crippen molar-refractivity contribution in [3.63, 3.8) is 0 Å². The number of nitrogens with one attached hydrogen (secondary N) is 2. The van der Waals surface area contributed by atoms with Gasteiger partial charge in [0.15, 0.2) is 5.96 Å². The van der Waals surface area contributed by atoms with Gasteiger partial charge < -0.3 is 10.2 Å². The summed E-state index contributed by atoms with van der Waals surface area (Å²) in [6.07, 6.45) is 3.41. The van der Waals surface area contributed by atoms with E-state index in [1.165, 1.54) is 12.4 Å². The van der Waals surface area contributed by atoms with E-state index in [1.807, 2.05) is 6.92 Å². The fraction of sp³-hybridized carbons (Fsp3) is 0.471. The second kappa shape index (κ2) is 9.79. The minimum Gasteiger partial charge on any atom is -0.357 e. The lowest BCUT2D eigenvalue weighted by Gasteiger charge is -2.33. The largest absolute Gasteiger partial charge is 0.357 e. The molecule has 1 aliphatic heterocycles. The molecule has 0 unspecified atom stereocenters. The molecule has 0 spiro atoms. The topological polar surface area (TPSA) is 69.2 Å². The quantitative estimate of drug-likeness (QED) is 0.405. The number of piperidine rings is 1. The number of halogens is 3. The van der Waals surface area contributed by atoms with Crippen LogP contribution in [0.3, 0.4) is 0 Å². The third kappa shape index (κ3) is 5.12. The zero-order valence-corrected chi connectivity index (χ0v) is 16.9. The molecule has 2 aromatic rings. The van der Waals surface area contributed by atoms with E-state index in [9.17, 15) is 8.78 Å². The van der Waals surface area contributed by atoms with E-state index >= 15 is 0 Å². The molecule has 2 heterocycles. The van der Waals surface area contributed by atoms with Crippen LogP contribution in [0.25, 0.3) is 0 Å². The maximum atomic E-state index is 13.8. The lowest BCUT2D eigenvalue weighted by Crippen LogP contribution is -2.45. The van der Waals surface area contributed by atoms with Gasteiger partial charge in [0.25, 0.3) is 0 Å². The summed E-state index contributed by atoms with van der Waals surface area (Å²) >= 11 is 0. The number of aliphatic imine (C=N–C) groups is 1. The fourth-order valence-electron chi connectivity index (χ4n) is 3.03. The number of guanidine groups is 1. The number of rotatable bonds is 4. The molecule has 0 radical (unpaired) electrons. The second-order valence-corrected chi connectivity index (χ2v) is 6.04. The highest BCUT2D eigenvalue weighted by molar-refractivity contribution is 14.0. The number of nitrogens with zero attached hydrogens (tertiary/aromatic N) is 4. The van der Waals surface area contributed by atoms with E-state index in [-0.39, 0.29) is 36.1 Å². The van der Waals surface area contributed by atoms with Crippen LogP contribution in [0.2, 0.25) is 0 Å². The molecule has 2 N–H and O–H groups in total. The molecule has 26 heavy (non-hydrogen) atoms. The summed E-state index contributed by atoms with van der Waals surface area (Å²) in [6.45, 7) is 4.45. The van der Waals surface area contributed by atoms with E-state index in [1.54, 1.807) is 0 Å². The fourth-order valence-corrected chi connectivity index (χ4v) is 3.03. The molecule has 1 aromatic heterocycles. The van der Waals surface area contributed by atoms with Crippen molar-refractivity contribution in [1.82, 2.24) is 25.4 Å². The maximum Gasteiger partial charge on any atom is 0.194 e. The Morgan fingerprint density at radius 3 is 2.77 bits per heavy atom. The molecule has 1 saturated heterocycles. The van der Waals surface area contributed by atoms with Crippen LogP contribution >= 0.6 is 24.0 Å². The Hall–Kier alpha value is -1.78. The van der Waals surface area contributed by atoms with E-state index in [0.29, 0.717) is 12.5 Å². The molecule has 142 valence electrons. The molecular formula is C17H23F2IN6. The predicted octanol–water partition coefficient (Wildman–Crippen LogP) is 3.05. The first-order chi connectivity index (χ1) is 12.2. The first kappa shape index (κ1) is 20.5. The van der Waals surface area contributed by atoms with Crippen molar-refractivity contribution in [2.24, 2.45) is 4.99 Å². The van der Waals surface area contributed by atoms with Crippen molar-refractivity contribution >= 4 is 29.9 Å². The molecule has 0 atom stereocenters. The SMILES string of the molecule is CCNC(=NCc1cc(F)ccc1F)N1CCC(c2ncn[nH]2)CC1.I. The van der Waals surface area contributed by atoms with Crippen molar-refractivity contribution in [2.75, 3.05) is 19.6 Å². The number of hydrogen-bond donors (Lipinski definition) is 2. The molecule has 0 amide bonds. The Kier molecular flexibility index (Phi) is 7.73. The standard InChI is InChI=1S/C17H22F2N6.HI/c1-2-20-17(21-10-13-9-14(18)3-4-15(13)19)25-7-5-12(6-8-25)16-22-11-23-24-16;/h3-4,9,11-12H,2,5-8,10H2,1H3,(H,20,21)(H,22,23,24);1H. The number of benzene rings is 1. The summed E-state index contributed by atoms with van der Waals surface area (Å²) in [4.78, 5) is 10.9. The molecule has 9 heteroatoms. The van der Waals surface area contributed by atoms with Gasteiger partial charge in [0.1, 0.15) is 23.8 Å². The minimum absolute atomic E-state index is 0. The smallest absolute Gasteiger partial charge is 0.194 e. The van der Waals surface area contributed by atoms with Crippen molar-refractivity contribution in [1.29, 1.82) is 0 Å². The number of aromatic amines is 1. The van der Waals surface area contributed by atoms with Gasteiger partial charge in [-0.05, 0) is 38.0 Å². The molecule has 0 aliphatic carbocycles. The lowest BCUT2D eigenvalue weighted by molar-refractivity contribution is 0.298. The Morgan fingerprint density at radius 1 is 1.35 bits per heavy atom. The van der Waals surface area contributed by atoms with Gasteiger partial charge in [-0.1, -0.05) is 0 Å². The minimum atomic E-state index is -0.454. The molecule has 1 aliphatic rings. The molecule has 1 fully saturated rings. The van der Waals surface area contributed by atoms with Crippen LogP contribution in [0.15, 0.2) is 29.5 Å². The monoisotopic (exact) mass is 476 g/mol. The van der Waals surface area contributed by atoms with E-state index < -0.39 is 11.6 Å². The third-order valence-electron chi connectivity index (χ3n) is 4.36. The highest BCUT2D eigenvalue weighted by Gasteiger charge is 2.24. The average molecular weight is 476 g/mol. The van der Waals surface area contributed by atoms with Gasteiger partial charge >= 0.3 is 0 Å². The summed E-state index contributed by atoms with van der Waals surface area (Å²) in [5.41, 5.74) is 0.256. The average Bonchev–Trinajstić information content (AvgIpc) is 3.16. The zero-order chi connectivity index (χ0) is 17.6. The van der Waals surface area contributed by atoms with Crippen molar-refractivity contribution in [3.8, 4) is 0 Å². The van der Waals surface area contributed by atoms with Crippen LogP contribution in [0.5, 0.6) is 0 Å². The van der Waals surface area contributed by atoms with Crippen LogP contribution < -0.4 is 5.32 Å². The molecular weight excluding hydrogens is 453 g/mol. The summed E-state index contributed by atoms with van der Waals surface area (Å²) in [7, 11) is 0. The predicted molar refractivity (Wildman–Crippen MR) is 107 cm³/mol. The van der Waals surface area contributed by atoms with Crippen molar-refractivity contribution in [2.45, 2.75) is 32.2 Å². The first-order valence-electron chi connectivity index (χ1n) is 8.49. The number of aromatic nitrogens is 3. The van der Waals surface area contributed by atoms with Gasteiger partial charge in [0, 0.05) is 31.1 Å². The van der Waals surface area contributed by atoms with Crippen LogP contribution in [-0.4, -0.2) is 45.7 Å². The Balaban J connectivity index is 0.00000243. The lowest BCUT2D eigenvalue weighted by atomic mass is 9.96. The van der Waals surface area contributed by atoms with Gasteiger partial charge in [-0.2, -0.15) is 5.10 Å². The molecule has 0 saturated carbocycles. The molecule has 3 rings (SSSR count). The highest BCUT2D eigenvalue weighted by atomic mass is 127. The van der Waals surface area contributed by atoms with Crippen LogP contribution in [0, 0.1) is 11.6 Å². The van der Waals surface area contributed by atoms with E-state index in [0.717, 1.165) is 49.8 Å². The first-order valence-corrected chi connectivity index (χ1v) is 8.49. The second-order valence-electron chi connectivity index (χ2n) is 6.04. The Labute approximate surface area is 168 Å². The summed E-state index contributed by atoms with van der Waals surface area (Å²) in [5.74, 6) is 1.11. The highest BCUT2D eigenvalue weighted by Crippen LogP contribution is 2.25. The van der Waals surface area contributed by atoms with Gasteiger partial charge in [0.2, 0.25) is 0 Å². The number of likely N-dealkylation sites (tertiary alicyclic amines) is 1. The molecule has 1 aromatic carbocycles. The van der Waals surface area contributed by atoms with Crippen molar-refractivity contribution in [3.05, 3.63) is 47.5 Å². The van der Waals surface area contributed by atoms with Gasteiger partial charge in [-0.3, -0.25) is 5.10 Å². The van der Waals surface area contributed by atoms with Gasteiger partial charge in [-0.25, -0.2) is 18.8 Å². The van der Waals surface area contributed by atoms with Gasteiger partial charge in [-0.15, -0.1) is 24.0 Å².